The first-order chi connectivity index (χ1) is 17.8. The van der Waals surface area contributed by atoms with Gasteiger partial charge in [0.25, 0.3) is 0 Å². The predicted octanol–water partition coefficient (Wildman–Crippen LogP) is 6.83. The molecule has 1 saturated heterocycles. The number of nitrogens with one attached hydrogen (secondary N) is 2. The molecule has 3 aromatic rings. The Morgan fingerprint density at radius 1 is 1.21 bits per heavy atom. The minimum atomic E-state index is -4.41. The van der Waals surface area contributed by atoms with E-state index >= 15 is 0 Å². The number of nitrogens with zero attached hydrogens (tertiary/aromatic N) is 1. The third-order valence-corrected chi connectivity index (χ3v) is 9.46. The second-order valence-electron chi connectivity index (χ2n) is 9.87. The van der Waals surface area contributed by atoms with E-state index in [1.807, 2.05) is 11.9 Å². The van der Waals surface area contributed by atoms with Gasteiger partial charge in [0.05, 0.1) is 45.0 Å². The van der Waals surface area contributed by atoms with Crippen LogP contribution in [-0.2, 0) is 11.0 Å². The van der Waals surface area contributed by atoms with Crippen LogP contribution in [0.15, 0.2) is 36.4 Å². The molecular weight excluding hydrogens is 557 g/mol. The number of alkyl halides is 4. The average molecular weight is 586 g/mol. The molecule has 0 amide bonds. The molecule has 0 spiro atoms. The van der Waals surface area contributed by atoms with Crippen molar-refractivity contribution < 1.29 is 22.1 Å². The van der Waals surface area contributed by atoms with Gasteiger partial charge in [-0.1, -0.05) is 35.6 Å². The number of thiophene rings is 1. The number of fused-ring (bicyclic) bond motifs is 1. The summed E-state index contributed by atoms with van der Waals surface area (Å²) in [6, 6.07) is 9.81. The molecule has 2 unspecified atom stereocenters. The van der Waals surface area contributed by atoms with Crippen LogP contribution in [0.1, 0.15) is 16.9 Å². The van der Waals surface area contributed by atoms with Gasteiger partial charge in [0.2, 0.25) is 0 Å². The lowest BCUT2D eigenvalue weighted by Gasteiger charge is -2.33. The van der Waals surface area contributed by atoms with Gasteiger partial charge >= 0.3 is 6.18 Å². The standard InChI is InChI=1S/C27H29ClF4N3OPS/c1-35-13-11-23(21(29)16-35)34-24-7-4-6-18-19(15-27(30,31)32)25(38-26(18)24)8-5-12-33-22-10-9-17(14-20(22)28)37(2,3)36/h4,6-7,9-10,14,21,23,33-34H,11-13,15-16H2,1-3H3. The first-order valence-corrected chi connectivity index (χ1v) is 15.9. The highest BCUT2D eigenvalue weighted by Gasteiger charge is 2.32. The highest BCUT2D eigenvalue weighted by atomic mass is 35.5. The smallest absolute Gasteiger partial charge is 0.378 e. The van der Waals surface area contributed by atoms with Gasteiger partial charge in [0, 0.05) is 18.4 Å². The molecule has 4 nitrogen and oxygen atoms in total. The molecule has 204 valence electrons. The molecule has 4 rings (SSSR count). The molecule has 1 fully saturated rings. The fraction of sp³-hybridized carbons (Fsp3) is 0.407. The zero-order chi connectivity index (χ0) is 27.7. The van der Waals surface area contributed by atoms with Gasteiger partial charge in [-0.3, -0.25) is 0 Å². The molecule has 0 radical (unpaired) electrons. The minimum absolute atomic E-state index is 0.123. The van der Waals surface area contributed by atoms with E-state index in [0.29, 0.717) is 49.6 Å². The lowest BCUT2D eigenvalue weighted by molar-refractivity contribution is -0.126. The Kier molecular flexibility index (Phi) is 8.68. The van der Waals surface area contributed by atoms with Crippen LogP contribution in [-0.4, -0.2) is 63.3 Å². The number of hydrogen-bond acceptors (Lipinski definition) is 5. The van der Waals surface area contributed by atoms with Crippen molar-refractivity contribution in [2.75, 3.05) is 50.6 Å². The summed E-state index contributed by atoms with van der Waals surface area (Å²) in [5.41, 5.74) is 1.34. The van der Waals surface area contributed by atoms with Gasteiger partial charge in [-0.05, 0) is 62.0 Å². The normalized spacial score (nSPS) is 18.7. The predicted molar refractivity (Wildman–Crippen MR) is 152 cm³/mol. The SMILES string of the molecule is CN1CCC(Nc2cccc3c(CC(F)(F)F)c(C#CCNc4ccc(P(C)(C)=O)cc4Cl)sc23)C(F)C1. The number of benzene rings is 2. The summed E-state index contributed by atoms with van der Waals surface area (Å²) in [6.07, 6.45) is -5.98. The Balaban J connectivity index is 1.59. The van der Waals surface area contributed by atoms with Crippen molar-refractivity contribution in [3.8, 4) is 11.8 Å². The van der Waals surface area contributed by atoms with E-state index < -0.39 is 32.0 Å². The van der Waals surface area contributed by atoms with E-state index in [0.717, 1.165) is 6.54 Å². The monoisotopic (exact) mass is 585 g/mol. The van der Waals surface area contributed by atoms with E-state index in [-0.39, 0.29) is 12.1 Å². The van der Waals surface area contributed by atoms with Gasteiger partial charge in [-0.15, -0.1) is 11.3 Å². The summed E-state index contributed by atoms with van der Waals surface area (Å²) >= 11 is 7.49. The van der Waals surface area contributed by atoms with Crippen molar-refractivity contribution in [3.63, 3.8) is 0 Å². The van der Waals surface area contributed by atoms with Gasteiger partial charge in [-0.25, -0.2) is 4.39 Å². The second-order valence-corrected chi connectivity index (χ2v) is 14.5. The molecule has 11 heteroatoms. The maximum Gasteiger partial charge on any atom is 0.393 e. The summed E-state index contributed by atoms with van der Waals surface area (Å²) in [4.78, 5) is 2.25. The topological polar surface area (TPSA) is 44.4 Å². The molecule has 1 aromatic heterocycles. The molecule has 2 aromatic carbocycles. The molecule has 2 heterocycles. The molecule has 2 atom stereocenters. The van der Waals surface area contributed by atoms with Crippen molar-refractivity contribution in [1.82, 2.24) is 4.90 Å². The number of anilines is 2. The number of hydrogen-bond donors (Lipinski definition) is 2. The Bertz CT molecular complexity index is 1430. The Hall–Kier alpha value is -2.24. The fourth-order valence-electron chi connectivity index (χ4n) is 4.43. The maximum absolute atomic E-state index is 14.6. The Morgan fingerprint density at radius 3 is 2.63 bits per heavy atom. The Labute approximate surface area is 229 Å². The lowest BCUT2D eigenvalue weighted by Crippen LogP contribution is -2.46. The summed E-state index contributed by atoms with van der Waals surface area (Å²) in [5, 5.41) is 7.83. The van der Waals surface area contributed by atoms with Crippen molar-refractivity contribution in [2.45, 2.75) is 31.2 Å². The second kappa shape index (κ2) is 11.5. The third kappa shape index (κ3) is 7.04. The van der Waals surface area contributed by atoms with Crippen LogP contribution in [0.4, 0.5) is 28.9 Å². The Morgan fingerprint density at radius 2 is 1.97 bits per heavy atom. The highest BCUT2D eigenvalue weighted by Crippen LogP contribution is 2.40. The molecule has 1 aliphatic heterocycles. The van der Waals surface area contributed by atoms with Crippen molar-refractivity contribution in [1.29, 1.82) is 0 Å². The summed E-state index contributed by atoms with van der Waals surface area (Å²) in [7, 11) is -0.591. The van der Waals surface area contributed by atoms with Crippen LogP contribution in [0.25, 0.3) is 10.1 Å². The van der Waals surface area contributed by atoms with E-state index in [2.05, 4.69) is 22.5 Å². The summed E-state index contributed by atoms with van der Waals surface area (Å²) in [5.74, 6) is 5.81. The lowest BCUT2D eigenvalue weighted by atomic mass is 10.0. The molecule has 2 N–H and O–H groups in total. The molecular formula is C27H29ClF4N3OPS. The van der Waals surface area contributed by atoms with Crippen LogP contribution < -0.4 is 15.9 Å². The van der Waals surface area contributed by atoms with E-state index in [4.69, 9.17) is 11.6 Å². The zero-order valence-corrected chi connectivity index (χ0v) is 23.7. The average Bonchev–Trinajstić information content (AvgIpc) is 3.15. The third-order valence-electron chi connectivity index (χ3n) is 6.42. The van der Waals surface area contributed by atoms with Crippen molar-refractivity contribution in [3.05, 3.63) is 51.9 Å². The van der Waals surface area contributed by atoms with Gasteiger partial charge < -0.3 is 20.1 Å². The van der Waals surface area contributed by atoms with E-state index in [1.165, 1.54) is 11.3 Å². The van der Waals surface area contributed by atoms with Crippen LogP contribution >= 0.6 is 30.1 Å². The highest BCUT2D eigenvalue weighted by molar-refractivity contribution is 7.70. The van der Waals surface area contributed by atoms with Crippen molar-refractivity contribution in [2.24, 2.45) is 0 Å². The molecule has 1 aliphatic rings. The van der Waals surface area contributed by atoms with Crippen molar-refractivity contribution >= 4 is 56.8 Å². The molecule has 0 bridgehead atoms. The first kappa shape index (κ1) is 28.8. The van der Waals surface area contributed by atoms with Gasteiger partial charge in [-0.2, -0.15) is 13.2 Å². The van der Waals surface area contributed by atoms with Gasteiger partial charge in [0.1, 0.15) is 13.3 Å². The summed E-state index contributed by atoms with van der Waals surface area (Å²) in [6.45, 7) is 4.52. The van der Waals surface area contributed by atoms with Crippen LogP contribution in [0.5, 0.6) is 0 Å². The largest absolute Gasteiger partial charge is 0.393 e. The summed E-state index contributed by atoms with van der Waals surface area (Å²) < 4.78 is 68.0. The first-order valence-electron chi connectivity index (χ1n) is 12.1. The molecule has 0 saturated carbocycles. The van der Waals surface area contributed by atoms with E-state index in [9.17, 15) is 22.1 Å². The molecule has 38 heavy (non-hydrogen) atoms. The maximum atomic E-state index is 14.6. The number of rotatable bonds is 6. The van der Waals surface area contributed by atoms with Crippen LogP contribution in [0.3, 0.4) is 0 Å². The van der Waals surface area contributed by atoms with Crippen LogP contribution in [0, 0.1) is 11.8 Å². The number of halogens is 5. The fourth-order valence-corrected chi connectivity index (χ4v) is 6.79. The number of piperidine rings is 1. The zero-order valence-electron chi connectivity index (χ0n) is 21.3. The van der Waals surface area contributed by atoms with Crippen LogP contribution in [0.2, 0.25) is 5.02 Å². The van der Waals surface area contributed by atoms with Gasteiger partial charge in [0.15, 0.2) is 0 Å². The number of likely N-dealkylation sites (tertiary alicyclic amines) is 1. The molecule has 0 aliphatic carbocycles. The minimum Gasteiger partial charge on any atom is -0.378 e. The van der Waals surface area contributed by atoms with E-state index in [1.54, 1.807) is 49.7 Å². The quantitative estimate of drug-likeness (QED) is 0.189.